The Bertz CT molecular complexity index is 629. The first kappa shape index (κ1) is 14.9. The molecule has 1 N–H and O–H groups in total. The predicted molar refractivity (Wildman–Crippen MR) is 88.7 cm³/mol. The zero-order chi connectivity index (χ0) is 15.5. The molecule has 0 amide bonds. The Hall–Kier alpha value is -2.00. The molecule has 1 unspecified atom stereocenters. The Kier molecular flexibility index (Phi) is 4.34. The Balaban J connectivity index is 1.69. The van der Waals surface area contributed by atoms with Crippen molar-refractivity contribution in [1.29, 1.82) is 0 Å². The summed E-state index contributed by atoms with van der Waals surface area (Å²) in [7, 11) is 3.34. The molecule has 1 atom stereocenters. The van der Waals surface area contributed by atoms with Gasteiger partial charge >= 0.3 is 0 Å². The second kappa shape index (κ2) is 6.41. The first-order valence-electron chi connectivity index (χ1n) is 7.76. The van der Waals surface area contributed by atoms with Crippen LogP contribution in [0, 0.1) is 0 Å². The average Bonchev–Trinajstić information content (AvgIpc) is 2.96. The summed E-state index contributed by atoms with van der Waals surface area (Å²) < 4.78 is 10.7. The molecule has 0 fully saturated rings. The zero-order valence-corrected chi connectivity index (χ0v) is 13.4. The van der Waals surface area contributed by atoms with Gasteiger partial charge in [0, 0.05) is 12.1 Å². The van der Waals surface area contributed by atoms with Gasteiger partial charge in [-0.15, -0.1) is 0 Å². The summed E-state index contributed by atoms with van der Waals surface area (Å²) in [6.45, 7) is 2.20. The molecule has 0 aliphatic heterocycles. The van der Waals surface area contributed by atoms with Crippen LogP contribution in [0.1, 0.15) is 29.7 Å². The molecular formula is C19H23NO2. The number of methoxy groups -OCH3 is 2. The van der Waals surface area contributed by atoms with E-state index in [1.807, 2.05) is 6.07 Å². The van der Waals surface area contributed by atoms with Crippen molar-refractivity contribution in [2.75, 3.05) is 14.2 Å². The quantitative estimate of drug-likeness (QED) is 0.916. The summed E-state index contributed by atoms with van der Waals surface area (Å²) in [6.07, 6.45) is 2.21. The fourth-order valence-electron chi connectivity index (χ4n) is 3.25. The van der Waals surface area contributed by atoms with Gasteiger partial charge in [0.15, 0.2) is 11.5 Å². The molecule has 3 rings (SSSR count). The van der Waals surface area contributed by atoms with Crippen molar-refractivity contribution < 1.29 is 9.47 Å². The van der Waals surface area contributed by atoms with E-state index in [1.54, 1.807) is 14.2 Å². The molecule has 0 bridgehead atoms. The van der Waals surface area contributed by atoms with E-state index in [0.717, 1.165) is 24.3 Å². The van der Waals surface area contributed by atoms with E-state index in [0.29, 0.717) is 6.04 Å². The number of benzene rings is 2. The van der Waals surface area contributed by atoms with Crippen LogP contribution in [0.5, 0.6) is 11.5 Å². The van der Waals surface area contributed by atoms with E-state index >= 15 is 0 Å². The van der Waals surface area contributed by atoms with Crippen LogP contribution < -0.4 is 14.8 Å². The van der Waals surface area contributed by atoms with Crippen LogP contribution in [0.15, 0.2) is 42.5 Å². The van der Waals surface area contributed by atoms with Crippen LogP contribution in [-0.4, -0.2) is 20.3 Å². The first-order valence-corrected chi connectivity index (χ1v) is 7.76. The standard InChI is InChI=1S/C19H23NO2/c1-13(14-8-9-18(21-2)19(12-14)22-3)20-17-10-15-6-4-5-7-16(15)11-17/h4-9,12-13,17,20H,10-11H2,1-3H3. The molecule has 2 aromatic carbocycles. The van der Waals surface area contributed by atoms with Gasteiger partial charge in [-0.05, 0) is 48.6 Å². The minimum Gasteiger partial charge on any atom is -0.493 e. The van der Waals surface area contributed by atoms with E-state index in [2.05, 4.69) is 48.6 Å². The van der Waals surface area contributed by atoms with E-state index in [-0.39, 0.29) is 6.04 Å². The molecule has 1 aliphatic carbocycles. The van der Waals surface area contributed by atoms with Crippen LogP contribution in [0.3, 0.4) is 0 Å². The normalized spacial score (nSPS) is 15.4. The van der Waals surface area contributed by atoms with Gasteiger partial charge in [0.2, 0.25) is 0 Å². The van der Waals surface area contributed by atoms with Crippen molar-refractivity contribution >= 4 is 0 Å². The number of nitrogens with one attached hydrogen (secondary N) is 1. The highest BCUT2D eigenvalue weighted by molar-refractivity contribution is 5.43. The first-order chi connectivity index (χ1) is 10.7. The number of rotatable bonds is 5. The molecule has 0 aromatic heterocycles. The van der Waals surface area contributed by atoms with Gasteiger partial charge in [-0.2, -0.15) is 0 Å². The maximum absolute atomic E-state index is 5.39. The van der Waals surface area contributed by atoms with Crippen molar-refractivity contribution in [3.8, 4) is 11.5 Å². The largest absolute Gasteiger partial charge is 0.493 e. The highest BCUT2D eigenvalue weighted by Crippen LogP contribution is 2.31. The number of ether oxygens (including phenoxy) is 2. The second-order valence-electron chi connectivity index (χ2n) is 5.88. The Labute approximate surface area is 132 Å². The molecule has 0 spiro atoms. The van der Waals surface area contributed by atoms with Crippen LogP contribution in [0.25, 0.3) is 0 Å². The molecule has 0 saturated heterocycles. The minimum absolute atomic E-state index is 0.277. The van der Waals surface area contributed by atoms with Gasteiger partial charge in [0.25, 0.3) is 0 Å². The Morgan fingerprint density at radius 2 is 1.59 bits per heavy atom. The smallest absolute Gasteiger partial charge is 0.161 e. The zero-order valence-electron chi connectivity index (χ0n) is 13.4. The highest BCUT2D eigenvalue weighted by atomic mass is 16.5. The maximum Gasteiger partial charge on any atom is 0.161 e. The monoisotopic (exact) mass is 297 g/mol. The minimum atomic E-state index is 0.277. The van der Waals surface area contributed by atoms with Gasteiger partial charge in [0.05, 0.1) is 14.2 Å². The molecule has 0 heterocycles. The van der Waals surface area contributed by atoms with Crippen molar-refractivity contribution in [2.45, 2.75) is 31.8 Å². The number of hydrogen-bond acceptors (Lipinski definition) is 3. The third-order valence-electron chi connectivity index (χ3n) is 4.44. The van der Waals surface area contributed by atoms with Gasteiger partial charge in [-0.25, -0.2) is 0 Å². The number of hydrogen-bond donors (Lipinski definition) is 1. The summed E-state index contributed by atoms with van der Waals surface area (Å²) in [6, 6.07) is 15.6. The lowest BCUT2D eigenvalue weighted by molar-refractivity contribution is 0.353. The molecule has 1 aliphatic rings. The lowest BCUT2D eigenvalue weighted by atomic mass is 10.1. The predicted octanol–water partition coefficient (Wildman–Crippen LogP) is 3.52. The van der Waals surface area contributed by atoms with Crippen LogP contribution in [0.4, 0.5) is 0 Å². The van der Waals surface area contributed by atoms with Crippen LogP contribution in [-0.2, 0) is 12.8 Å². The van der Waals surface area contributed by atoms with Gasteiger partial charge in [-0.3, -0.25) is 0 Å². The summed E-state index contributed by atoms with van der Waals surface area (Å²) in [5, 5.41) is 3.73. The third-order valence-corrected chi connectivity index (χ3v) is 4.44. The Morgan fingerprint density at radius 1 is 0.955 bits per heavy atom. The van der Waals surface area contributed by atoms with Gasteiger partial charge < -0.3 is 14.8 Å². The fraction of sp³-hybridized carbons (Fsp3) is 0.368. The molecule has 3 nitrogen and oxygen atoms in total. The topological polar surface area (TPSA) is 30.5 Å². The third kappa shape index (κ3) is 2.95. The molecule has 0 radical (unpaired) electrons. The van der Waals surface area contributed by atoms with E-state index in [4.69, 9.17) is 9.47 Å². The van der Waals surface area contributed by atoms with Crippen molar-refractivity contribution in [3.63, 3.8) is 0 Å². The second-order valence-corrected chi connectivity index (χ2v) is 5.88. The average molecular weight is 297 g/mol. The van der Waals surface area contributed by atoms with E-state index < -0.39 is 0 Å². The molecule has 0 saturated carbocycles. The summed E-state index contributed by atoms with van der Waals surface area (Å²) in [5.74, 6) is 1.55. The van der Waals surface area contributed by atoms with Crippen molar-refractivity contribution in [2.24, 2.45) is 0 Å². The lowest BCUT2D eigenvalue weighted by Crippen LogP contribution is -2.32. The molecule has 2 aromatic rings. The van der Waals surface area contributed by atoms with Crippen molar-refractivity contribution in [1.82, 2.24) is 5.32 Å². The van der Waals surface area contributed by atoms with Crippen LogP contribution in [0.2, 0.25) is 0 Å². The Morgan fingerprint density at radius 3 is 2.18 bits per heavy atom. The summed E-state index contributed by atoms with van der Waals surface area (Å²) >= 11 is 0. The molecule has 3 heteroatoms. The highest BCUT2D eigenvalue weighted by Gasteiger charge is 2.22. The summed E-state index contributed by atoms with van der Waals surface area (Å²) in [4.78, 5) is 0. The number of fused-ring (bicyclic) bond motifs is 1. The van der Waals surface area contributed by atoms with E-state index in [1.165, 1.54) is 16.7 Å². The lowest BCUT2D eigenvalue weighted by Gasteiger charge is -2.20. The van der Waals surface area contributed by atoms with E-state index in [9.17, 15) is 0 Å². The molecule has 116 valence electrons. The maximum atomic E-state index is 5.39. The van der Waals surface area contributed by atoms with Gasteiger partial charge in [-0.1, -0.05) is 30.3 Å². The summed E-state index contributed by atoms with van der Waals surface area (Å²) in [5.41, 5.74) is 4.16. The fourth-order valence-corrected chi connectivity index (χ4v) is 3.25. The van der Waals surface area contributed by atoms with Gasteiger partial charge in [0.1, 0.15) is 0 Å². The SMILES string of the molecule is COc1ccc(C(C)NC2Cc3ccccc3C2)cc1OC. The molecule has 22 heavy (non-hydrogen) atoms. The van der Waals surface area contributed by atoms with Crippen molar-refractivity contribution in [3.05, 3.63) is 59.2 Å². The van der Waals surface area contributed by atoms with Crippen LogP contribution >= 0.6 is 0 Å². The molecular weight excluding hydrogens is 274 g/mol.